The molecule has 0 saturated carbocycles. The van der Waals surface area contributed by atoms with Crippen molar-refractivity contribution in [3.05, 3.63) is 66.5 Å². The Balaban J connectivity index is 2.07. The van der Waals surface area contributed by atoms with Crippen LogP contribution in [0.3, 0.4) is 0 Å². The lowest BCUT2D eigenvalue weighted by molar-refractivity contribution is 0.0950. The summed E-state index contributed by atoms with van der Waals surface area (Å²) in [7, 11) is 0. The summed E-state index contributed by atoms with van der Waals surface area (Å²) in [6.07, 6.45) is 2.92. The quantitative estimate of drug-likeness (QED) is 0.579. The molecule has 112 valence electrons. The fraction of sp³-hybridized carbons (Fsp3) is 0.0625. The summed E-state index contributed by atoms with van der Waals surface area (Å²) in [5.74, 6) is -0.664. The van der Waals surface area contributed by atoms with Gasteiger partial charge in [-0.25, -0.2) is 0 Å². The second-order valence-electron chi connectivity index (χ2n) is 4.47. The number of anilines is 2. The SMILES string of the molecule is C=CCNC(=O)c1ccc(C(=O)Nc2ccccc2N)cn1. The molecule has 0 bridgehead atoms. The Morgan fingerprint density at radius 2 is 1.95 bits per heavy atom. The average Bonchev–Trinajstić information content (AvgIpc) is 2.55. The maximum absolute atomic E-state index is 12.1. The summed E-state index contributed by atoms with van der Waals surface area (Å²) in [5.41, 5.74) is 7.34. The maximum Gasteiger partial charge on any atom is 0.270 e. The average molecular weight is 296 g/mol. The van der Waals surface area contributed by atoms with Gasteiger partial charge in [0.15, 0.2) is 0 Å². The predicted octanol–water partition coefficient (Wildman–Crippen LogP) is 1.83. The summed E-state index contributed by atoms with van der Waals surface area (Å²) >= 11 is 0. The molecular weight excluding hydrogens is 280 g/mol. The number of benzene rings is 1. The van der Waals surface area contributed by atoms with E-state index in [9.17, 15) is 9.59 Å². The fourth-order valence-corrected chi connectivity index (χ4v) is 1.72. The van der Waals surface area contributed by atoms with E-state index in [4.69, 9.17) is 5.73 Å². The van der Waals surface area contributed by atoms with Crippen LogP contribution in [0.1, 0.15) is 20.8 Å². The van der Waals surface area contributed by atoms with Crippen molar-refractivity contribution in [3.63, 3.8) is 0 Å². The number of pyridine rings is 1. The maximum atomic E-state index is 12.1. The van der Waals surface area contributed by atoms with Crippen LogP contribution in [-0.2, 0) is 0 Å². The van der Waals surface area contributed by atoms with Crippen LogP contribution in [0.5, 0.6) is 0 Å². The van der Waals surface area contributed by atoms with Gasteiger partial charge in [-0.05, 0) is 24.3 Å². The summed E-state index contributed by atoms with van der Waals surface area (Å²) in [6, 6.07) is 9.98. The third-order valence-electron chi connectivity index (χ3n) is 2.87. The highest BCUT2D eigenvalue weighted by Gasteiger charge is 2.10. The van der Waals surface area contributed by atoms with Crippen LogP contribution in [0.2, 0.25) is 0 Å². The largest absolute Gasteiger partial charge is 0.397 e. The number of nitrogens with two attached hydrogens (primary N) is 1. The first-order valence-electron chi connectivity index (χ1n) is 6.63. The minimum atomic E-state index is -0.344. The molecule has 0 radical (unpaired) electrons. The zero-order valence-corrected chi connectivity index (χ0v) is 11.9. The van der Waals surface area contributed by atoms with E-state index in [0.29, 0.717) is 23.5 Å². The number of hydrogen-bond acceptors (Lipinski definition) is 4. The molecule has 0 spiro atoms. The molecule has 0 aliphatic rings. The van der Waals surface area contributed by atoms with E-state index in [0.717, 1.165) is 0 Å². The normalized spacial score (nSPS) is 9.82. The minimum Gasteiger partial charge on any atom is -0.397 e. The number of nitrogens with zero attached hydrogens (tertiary/aromatic N) is 1. The number of amides is 2. The Labute approximate surface area is 128 Å². The number of carbonyl (C=O) groups excluding carboxylic acids is 2. The Bertz CT molecular complexity index is 696. The van der Waals surface area contributed by atoms with E-state index in [1.807, 2.05) is 0 Å². The van der Waals surface area contributed by atoms with Crippen LogP contribution in [0.15, 0.2) is 55.3 Å². The van der Waals surface area contributed by atoms with Crippen molar-refractivity contribution in [2.45, 2.75) is 0 Å². The van der Waals surface area contributed by atoms with Gasteiger partial charge in [-0.3, -0.25) is 14.6 Å². The van der Waals surface area contributed by atoms with Crippen molar-refractivity contribution >= 4 is 23.2 Å². The van der Waals surface area contributed by atoms with Gasteiger partial charge in [0.2, 0.25) is 0 Å². The zero-order chi connectivity index (χ0) is 15.9. The molecule has 2 rings (SSSR count). The lowest BCUT2D eigenvalue weighted by Gasteiger charge is -2.08. The molecular formula is C16H16N4O2. The smallest absolute Gasteiger partial charge is 0.270 e. The Morgan fingerprint density at radius 1 is 1.18 bits per heavy atom. The van der Waals surface area contributed by atoms with Gasteiger partial charge >= 0.3 is 0 Å². The molecule has 0 aliphatic carbocycles. The number of para-hydroxylation sites is 2. The fourth-order valence-electron chi connectivity index (χ4n) is 1.72. The molecule has 0 atom stereocenters. The van der Waals surface area contributed by atoms with E-state index >= 15 is 0 Å². The summed E-state index contributed by atoms with van der Waals surface area (Å²) < 4.78 is 0. The number of hydrogen-bond donors (Lipinski definition) is 3. The lowest BCUT2D eigenvalue weighted by atomic mass is 10.2. The monoisotopic (exact) mass is 296 g/mol. The highest BCUT2D eigenvalue weighted by molar-refractivity contribution is 6.05. The molecule has 2 aromatic rings. The van der Waals surface area contributed by atoms with Crippen molar-refractivity contribution in [2.75, 3.05) is 17.6 Å². The summed E-state index contributed by atoms with van der Waals surface area (Å²) in [6.45, 7) is 3.87. The van der Waals surface area contributed by atoms with Gasteiger partial charge < -0.3 is 16.4 Å². The van der Waals surface area contributed by atoms with Crippen molar-refractivity contribution in [2.24, 2.45) is 0 Å². The van der Waals surface area contributed by atoms with Gasteiger partial charge in [0.05, 0.1) is 16.9 Å². The van der Waals surface area contributed by atoms with Crippen LogP contribution in [0, 0.1) is 0 Å². The molecule has 0 unspecified atom stereocenters. The second kappa shape index (κ2) is 7.03. The van der Waals surface area contributed by atoms with Crippen LogP contribution in [0.4, 0.5) is 11.4 Å². The van der Waals surface area contributed by atoms with E-state index in [1.54, 1.807) is 30.3 Å². The van der Waals surface area contributed by atoms with E-state index < -0.39 is 0 Å². The van der Waals surface area contributed by atoms with Crippen LogP contribution < -0.4 is 16.4 Å². The molecule has 2 amide bonds. The molecule has 0 fully saturated rings. The molecule has 1 aromatic heterocycles. The Hall–Kier alpha value is -3.15. The first-order chi connectivity index (χ1) is 10.6. The van der Waals surface area contributed by atoms with Gasteiger partial charge in [0.25, 0.3) is 11.8 Å². The van der Waals surface area contributed by atoms with Gasteiger partial charge in [-0.15, -0.1) is 6.58 Å². The summed E-state index contributed by atoms with van der Waals surface area (Å²) in [5, 5.41) is 5.30. The Kier molecular flexibility index (Phi) is 4.87. The van der Waals surface area contributed by atoms with E-state index in [1.165, 1.54) is 18.3 Å². The second-order valence-corrected chi connectivity index (χ2v) is 4.47. The topological polar surface area (TPSA) is 97.1 Å². The molecule has 0 saturated heterocycles. The van der Waals surface area contributed by atoms with Crippen LogP contribution >= 0.6 is 0 Å². The van der Waals surface area contributed by atoms with Gasteiger partial charge in [-0.2, -0.15) is 0 Å². The van der Waals surface area contributed by atoms with Crippen LogP contribution in [0.25, 0.3) is 0 Å². The van der Waals surface area contributed by atoms with Crippen molar-refractivity contribution in [1.82, 2.24) is 10.3 Å². The molecule has 6 nitrogen and oxygen atoms in total. The Morgan fingerprint density at radius 3 is 2.59 bits per heavy atom. The number of nitrogens with one attached hydrogen (secondary N) is 2. The number of carbonyl (C=O) groups is 2. The first kappa shape index (κ1) is 15.2. The van der Waals surface area contributed by atoms with Gasteiger partial charge in [-0.1, -0.05) is 18.2 Å². The first-order valence-corrected chi connectivity index (χ1v) is 6.63. The third kappa shape index (κ3) is 3.69. The van der Waals surface area contributed by atoms with E-state index in [2.05, 4.69) is 22.2 Å². The van der Waals surface area contributed by atoms with Crippen molar-refractivity contribution in [3.8, 4) is 0 Å². The highest BCUT2D eigenvalue weighted by Crippen LogP contribution is 2.17. The number of nitrogen functional groups attached to an aromatic ring is 1. The van der Waals surface area contributed by atoms with Gasteiger partial charge in [0, 0.05) is 12.7 Å². The van der Waals surface area contributed by atoms with Gasteiger partial charge in [0.1, 0.15) is 5.69 Å². The molecule has 1 aromatic carbocycles. The van der Waals surface area contributed by atoms with Crippen molar-refractivity contribution < 1.29 is 9.59 Å². The molecule has 22 heavy (non-hydrogen) atoms. The zero-order valence-electron chi connectivity index (χ0n) is 11.9. The van der Waals surface area contributed by atoms with Crippen molar-refractivity contribution in [1.29, 1.82) is 0 Å². The molecule has 1 heterocycles. The summed E-state index contributed by atoms with van der Waals surface area (Å²) in [4.78, 5) is 27.8. The highest BCUT2D eigenvalue weighted by atomic mass is 16.2. The van der Waals surface area contributed by atoms with Crippen LogP contribution in [-0.4, -0.2) is 23.3 Å². The number of aromatic nitrogens is 1. The van der Waals surface area contributed by atoms with E-state index in [-0.39, 0.29) is 17.5 Å². The number of rotatable bonds is 5. The predicted molar refractivity (Wildman–Crippen MR) is 85.6 cm³/mol. The third-order valence-corrected chi connectivity index (χ3v) is 2.87. The lowest BCUT2D eigenvalue weighted by Crippen LogP contribution is -2.24. The molecule has 4 N–H and O–H groups in total. The standard InChI is InChI=1S/C16H16N4O2/c1-2-9-18-16(22)14-8-7-11(10-19-14)15(21)20-13-6-4-3-5-12(13)17/h2-8,10H,1,9,17H2,(H,18,22)(H,20,21). The minimum absolute atomic E-state index is 0.234. The molecule has 6 heteroatoms. The molecule has 0 aliphatic heterocycles.